The fraction of sp³-hybridized carbons (Fsp3) is 0.417. The van der Waals surface area contributed by atoms with Gasteiger partial charge in [0.15, 0.2) is 0 Å². The molecule has 0 aliphatic carbocycles. The van der Waals surface area contributed by atoms with E-state index in [-0.39, 0.29) is 23.1 Å². The third-order valence-corrected chi connectivity index (χ3v) is 8.68. The van der Waals surface area contributed by atoms with Crippen LogP contribution in [0.3, 0.4) is 0 Å². The van der Waals surface area contributed by atoms with E-state index in [0.717, 1.165) is 5.56 Å². The summed E-state index contributed by atoms with van der Waals surface area (Å²) in [5.74, 6) is -0.490. The lowest BCUT2D eigenvalue weighted by Gasteiger charge is -2.23. The van der Waals surface area contributed by atoms with Crippen LogP contribution in [0.2, 0.25) is 0 Å². The minimum atomic E-state index is -3.62. The number of hydrogen-bond acceptors (Lipinski definition) is 5. The Morgan fingerprint density at radius 1 is 1.12 bits per heavy atom. The lowest BCUT2D eigenvalue weighted by molar-refractivity contribution is -0.125. The zero-order valence-corrected chi connectivity index (χ0v) is 21.1. The van der Waals surface area contributed by atoms with Crippen molar-refractivity contribution in [3.63, 3.8) is 0 Å². The minimum absolute atomic E-state index is 0.184. The van der Waals surface area contributed by atoms with Gasteiger partial charge in [0.2, 0.25) is 21.8 Å². The lowest BCUT2D eigenvalue weighted by atomic mass is 10.1. The average molecular weight is 490 g/mol. The van der Waals surface area contributed by atoms with Crippen molar-refractivity contribution in [3.05, 3.63) is 53.6 Å². The number of nitrogens with one attached hydrogen (secondary N) is 1. The van der Waals surface area contributed by atoms with Gasteiger partial charge in [-0.05, 0) is 54.1 Å². The standard InChI is InChI=1S/C24H31N3O4S2/c1-5-26(6-2)33(30,31)21-11-12-22-19(15-21)16-23(27(22)17(3)28)24(29)25-14-13-18-7-9-20(32-4)10-8-18/h7-12,15,23H,5-6,13-14,16H2,1-4H3,(H,25,29). The molecular formula is C24H31N3O4S2. The van der Waals surface area contributed by atoms with Gasteiger partial charge in [-0.2, -0.15) is 4.31 Å². The zero-order valence-electron chi connectivity index (χ0n) is 19.5. The molecule has 0 bridgehead atoms. The van der Waals surface area contributed by atoms with Gasteiger partial charge in [-0.3, -0.25) is 14.5 Å². The Hall–Kier alpha value is -2.36. The highest BCUT2D eigenvalue weighted by Crippen LogP contribution is 2.35. The van der Waals surface area contributed by atoms with E-state index in [2.05, 4.69) is 17.4 Å². The number of anilines is 1. The summed E-state index contributed by atoms with van der Waals surface area (Å²) in [5.41, 5.74) is 2.40. The second-order valence-corrected chi connectivity index (χ2v) is 10.7. The van der Waals surface area contributed by atoms with Crippen LogP contribution in [0, 0.1) is 0 Å². The Bertz CT molecular complexity index is 1110. The monoisotopic (exact) mass is 489 g/mol. The first-order valence-electron chi connectivity index (χ1n) is 11.1. The molecule has 178 valence electrons. The highest BCUT2D eigenvalue weighted by atomic mass is 32.2. The number of fused-ring (bicyclic) bond motifs is 1. The number of carbonyl (C=O) groups excluding carboxylic acids is 2. The molecule has 2 aromatic carbocycles. The number of carbonyl (C=O) groups is 2. The molecule has 2 amide bonds. The molecule has 0 saturated heterocycles. The molecule has 0 saturated carbocycles. The van der Waals surface area contributed by atoms with Crippen molar-refractivity contribution in [3.8, 4) is 0 Å². The number of benzene rings is 2. The third-order valence-electron chi connectivity index (χ3n) is 5.89. The van der Waals surface area contributed by atoms with Crippen molar-refractivity contribution in [1.29, 1.82) is 0 Å². The Morgan fingerprint density at radius 3 is 2.36 bits per heavy atom. The van der Waals surface area contributed by atoms with Crippen LogP contribution in [-0.2, 0) is 32.5 Å². The minimum Gasteiger partial charge on any atom is -0.354 e. The molecule has 0 spiro atoms. The second kappa shape index (κ2) is 10.7. The Kier molecular flexibility index (Phi) is 8.20. The first-order chi connectivity index (χ1) is 15.7. The van der Waals surface area contributed by atoms with Gasteiger partial charge >= 0.3 is 0 Å². The molecule has 1 heterocycles. The lowest BCUT2D eigenvalue weighted by Crippen LogP contribution is -2.47. The smallest absolute Gasteiger partial charge is 0.243 e. The summed E-state index contributed by atoms with van der Waals surface area (Å²) >= 11 is 1.68. The molecule has 7 nitrogen and oxygen atoms in total. The van der Waals surface area contributed by atoms with Gasteiger partial charge in [0.05, 0.1) is 4.90 Å². The van der Waals surface area contributed by atoms with Crippen molar-refractivity contribution in [2.75, 3.05) is 30.8 Å². The molecule has 1 aliphatic rings. The van der Waals surface area contributed by atoms with Crippen LogP contribution in [0.25, 0.3) is 0 Å². The summed E-state index contributed by atoms with van der Waals surface area (Å²) in [6.07, 6.45) is 2.99. The van der Waals surface area contributed by atoms with Crippen LogP contribution in [0.4, 0.5) is 5.69 Å². The Labute approximate surface area is 200 Å². The molecule has 0 fully saturated rings. The second-order valence-electron chi connectivity index (χ2n) is 7.88. The van der Waals surface area contributed by atoms with Crippen LogP contribution < -0.4 is 10.2 Å². The normalized spacial score (nSPS) is 15.5. The van der Waals surface area contributed by atoms with E-state index < -0.39 is 16.1 Å². The highest BCUT2D eigenvalue weighted by molar-refractivity contribution is 7.98. The van der Waals surface area contributed by atoms with E-state index in [1.807, 2.05) is 18.4 Å². The van der Waals surface area contributed by atoms with Crippen LogP contribution in [0.1, 0.15) is 31.9 Å². The number of sulfonamides is 1. The molecule has 3 rings (SSSR count). The van der Waals surface area contributed by atoms with Crippen LogP contribution in [0.5, 0.6) is 0 Å². The Balaban J connectivity index is 1.74. The van der Waals surface area contributed by atoms with Crippen LogP contribution in [0.15, 0.2) is 52.3 Å². The molecule has 1 N–H and O–H groups in total. The summed E-state index contributed by atoms with van der Waals surface area (Å²) in [7, 11) is -3.62. The highest BCUT2D eigenvalue weighted by Gasteiger charge is 2.37. The van der Waals surface area contributed by atoms with Crippen molar-refractivity contribution >= 4 is 39.3 Å². The first kappa shape index (κ1) is 25.3. The maximum absolute atomic E-state index is 13.0. The third kappa shape index (κ3) is 5.42. The average Bonchev–Trinajstić information content (AvgIpc) is 3.19. The van der Waals surface area contributed by atoms with Crippen molar-refractivity contribution < 1.29 is 18.0 Å². The molecule has 2 aromatic rings. The van der Waals surface area contributed by atoms with Gasteiger partial charge in [0.25, 0.3) is 0 Å². The van der Waals surface area contributed by atoms with E-state index in [1.54, 1.807) is 37.7 Å². The molecule has 9 heteroatoms. The van der Waals surface area contributed by atoms with E-state index in [9.17, 15) is 18.0 Å². The number of thioether (sulfide) groups is 1. The number of nitrogens with zero attached hydrogens (tertiary/aromatic N) is 2. The first-order valence-corrected chi connectivity index (χ1v) is 13.7. The molecular weight excluding hydrogens is 458 g/mol. The number of rotatable bonds is 9. The van der Waals surface area contributed by atoms with Gasteiger partial charge in [0, 0.05) is 43.6 Å². The molecule has 1 atom stereocenters. The maximum atomic E-state index is 13.0. The maximum Gasteiger partial charge on any atom is 0.243 e. The van der Waals surface area contributed by atoms with E-state index in [0.29, 0.717) is 37.3 Å². The van der Waals surface area contributed by atoms with Crippen LogP contribution >= 0.6 is 11.8 Å². The van der Waals surface area contributed by atoms with E-state index in [1.165, 1.54) is 27.1 Å². The fourth-order valence-corrected chi connectivity index (χ4v) is 6.06. The van der Waals surface area contributed by atoms with Gasteiger partial charge in [-0.25, -0.2) is 8.42 Å². The van der Waals surface area contributed by atoms with Crippen molar-refractivity contribution in [2.24, 2.45) is 0 Å². The summed E-state index contributed by atoms with van der Waals surface area (Å²) in [6, 6.07) is 12.2. The topological polar surface area (TPSA) is 86.8 Å². The van der Waals surface area contributed by atoms with Crippen molar-refractivity contribution in [2.45, 2.75) is 49.4 Å². The molecule has 0 aromatic heterocycles. The van der Waals surface area contributed by atoms with E-state index in [4.69, 9.17) is 0 Å². The van der Waals surface area contributed by atoms with Gasteiger partial charge in [-0.1, -0.05) is 26.0 Å². The molecule has 33 heavy (non-hydrogen) atoms. The number of amides is 2. The largest absolute Gasteiger partial charge is 0.354 e. The van der Waals surface area contributed by atoms with E-state index >= 15 is 0 Å². The Morgan fingerprint density at radius 2 is 1.79 bits per heavy atom. The predicted molar refractivity (Wildman–Crippen MR) is 132 cm³/mol. The summed E-state index contributed by atoms with van der Waals surface area (Å²) < 4.78 is 27.2. The molecule has 1 aliphatic heterocycles. The molecule has 1 unspecified atom stereocenters. The summed E-state index contributed by atoms with van der Waals surface area (Å²) in [5, 5.41) is 2.94. The quantitative estimate of drug-likeness (QED) is 0.547. The summed E-state index contributed by atoms with van der Waals surface area (Å²) in [6.45, 7) is 6.22. The fourth-order valence-electron chi connectivity index (χ4n) is 4.14. The number of hydrogen-bond donors (Lipinski definition) is 1. The van der Waals surface area contributed by atoms with Gasteiger partial charge in [-0.15, -0.1) is 11.8 Å². The SMILES string of the molecule is CCN(CC)S(=O)(=O)c1ccc2c(c1)CC(C(=O)NCCc1ccc(SC)cc1)N2C(C)=O. The molecule has 0 radical (unpaired) electrons. The van der Waals surface area contributed by atoms with Gasteiger partial charge in [0.1, 0.15) is 6.04 Å². The van der Waals surface area contributed by atoms with Crippen LogP contribution in [-0.4, -0.2) is 56.5 Å². The zero-order chi connectivity index (χ0) is 24.2. The predicted octanol–water partition coefficient (Wildman–Crippen LogP) is 3.08. The van der Waals surface area contributed by atoms with Gasteiger partial charge < -0.3 is 5.32 Å². The summed E-state index contributed by atoms with van der Waals surface area (Å²) in [4.78, 5) is 28.2. The van der Waals surface area contributed by atoms with Crippen molar-refractivity contribution in [1.82, 2.24) is 9.62 Å².